The SMILES string of the molecule is OC(NCCC1=NC2NCCCC2C=C1)Nc1cccc2[nH]ccc12. The number of dihydropyridines is 1. The summed E-state index contributed by atoms with van der Waals surface area (Å²) < 4.78 is 0. The maximum absolute atomic E-state index is 10.2. The van der Waals surface area contributed by atoms with Crippen molar-refractivity contribution < 1.29 is 5.11 Å². The third-order valence-electron chi connectivity index (χ3n) is 4.92. The number of rotatable bonds is 6. The van der Waals surface area contributed by atoms with Crippen LogP contribution in [0.5, 0.6) is 0 Å². The molecule has 6 nitrogen and oxygen atoms in total. The molecule has 3 atom stereocenters. The number of nitrogens with one attached hydrogen (secondary N) is 4. The van der Waals surface area contributed by atoms with Crippen molar-refractivity contribution in [2.45, 2.75) is 31.8 Å². The molecule has 0 bridgehead atoms. The fraction of sp³-hybridized carbons (Fsp3) is 0.421. The van der Waals surface area contributed by atoms with Gasteiger partial charge in [0.1, 0.15) is 6.17 Å². The van der Waals surface area contributed by atoms with Gasteiger partial charge in [0.2, 0.25) is 0 Å². The number of allylic oxidation sites excluding steroid dienone is 1. The Labute approximate surface area is 147 Å². The van der Waals surface area contributed by atoms with Crippen molar-refractivity contribution in [2.24, 2.45) is 10.9 Å². The van der Waals surface area contributed by atoms with E-state index in [-0.39, 0.29) is 6.17 Å². The lowest BCUT2D eigenvalue weighted by Gasteiger charge is -2.30. The lowest BCUT2D eigenvalue weighted by Crippen LogP contribution is -2.41. The van der Waals surface area contributed by atoms with Crippen molar-refractivity contribution in [1.29, 1.82) is 0 Å². The highest BCUT2D eigenvalue weighted by Gasteiger charge is 2.24. The van der Waals surface area contributed by atoms with Crippen LogP contribution in [0.1, 0.15) is 19.3 Å². The minimum Gasteiger partial charge on any atom is -0.361 e. The number of piperidine rings is 1. The molecule has 1 aromatic heterocycles. The van der Waals surface area contributed by atoms with Gasteiger partial charge in [-0.2, -0.15) is 0 Å². The average Bonchev–Trinajstić information content (AvgIpc) is 3.11. The van der Waals surface area contributed by atoms with E-state index in [0.717, 1.165) is 35.3 Å². The predicted octanol–water partition coefficient (Wildman–Crippen LogP) is 2.17. The van der Waals surface area contributed by atoms with Crippen molar-refractivity contribution in [3.63, 3.8) is 0 Å². The van der Waals surface area contributed by atoms with Crippen LogP contribution in [0.15, 0.2) is 47.6 Å². The zero-order valence-electron chi connectivity index (χ0n) is 14.2. The van der Waals surface area contributed by atoms with E-state index in [9.17, 15) is 5.11 Å². The lowest BCUT2D eigenvalue weighted by molar-refractivity contribution is 0.167. The Kier molecular flexibility index (Phi) is 4.83. The summed E-state index contributed by atoms with van der Waals surface area (Å²) >= 11 is 0. The molecule has 5 N–H and O–H groups in total. The zero-order chi connectivity index (χ0) is 17.1. The second-order valence-corrected chi connectivity index (χ2v) is 6.68. The summed E-state index contributed by atoms with van der Waals surface area (Å²) in [6.07, 6.45) is 9.00. The molecule has 0 saturated carbocycles. The van der Waals surface area contributed by atoms with E-state index in [4.69, 9.17) is 4.99 Å². The van der Waals surface area contributed by atoms with Crippen LogP contribution in [0.3, 0.4) is 0 Å². The second-order valence-electron chi connectivity index (χ2n) is 6.68. The summed E-state index contributed by atoms with van der Waals surface area (Å²) in [6.45, 7) is 1.72. The topological polar surface area (TPSA) is 84.5 Å². The smallest absolute Gasteiger partial charge is 0.181 e. The third kappa shape index (κ3) is 3.76. The molecule has 3 heterocycles. The van der Waals surface area contributed by atoms with Crippen LogP contribution in [0.4, 0.5) is 5.69 Å². The van der Waals surface area contributed by atoms with E-state index in [2.05, 4.69) is 33.1 Å². The van der Waals surface area contributed by atoms with Gasteiger partial charge in [-0.25, -0.2) is 0 Å². The van der Waals surface area contributed by atoms with E-state index in [1.54, 1.807) is 0 Å². The summed E-state index contributed by atoms with van der Waals surface area (Å²) in [7, 11) is 0. The molecule has 1 saturated heterocycles. The summed E-state index contributed by atoms with van der Waals surface area (Å²) in [5.41, 5.74) is 3.04. The van der Waals surface area contributed by atoms with Gasteiger partial charge < -0.3 is 15.4 Å². The molecule has 0 spiro atoms. The quantitative estimate of drug-likeness (QED) is 0.522. The Morgan fingerprint density at radius 1 is 1.32 bits per heavy atom. The first-order valence-corrected chi connectivity index (χ1v) is 9.02. The van der Waals surface area contributed by atoms with Crippen LogP contribution in [0.25, 0.3) is 10.9 Å². The van der Waals surface area contributed by atoms with Gasteiger partial charge in [0.05, 0.1) is 0 Å². The number of hydrogen-bond donors (Lipinski definition) is 5. The molecule has 0 aliphatic carbocycles. The summed E-state index contributed by atoms with van der Waals surface area (Å²) in [4.78, 5) is 7.96. The molecule has 1 aromatic carbocycles. The van der Waals surface area contributed by atoms with Crippen molar-refractivity contribution in [3.8, 4) is 0 Å². The first-order valence-electron chi connectivity index (χ1n) is 9.02. The Hall–Kier alpha value is -2.15. The fourth-order valence-corrected chi connectivity index (χ4v) is 3.59. The maximum Gasteiger partial charge on any atom is 0.181 e. The number of aromatic amines is 1. The standard InChI is InChI=1S/C19H25N5O/c25-19(24-17-5-1-4-16-15(17)9-12-20-16)22-11-8-14-7-6-13-3-2-10-21-18(13)23-14/h1,4-7,9,12-13,18-22,24-25H,2-3,8,10-11H2. The molecule has 132 valence electrons. The maximum atomic E-state index is 10.2. The number of aliphatic imine (C=N–C) groups is 1. The summed E-state index contributed by atoms with van der Waals surface area (Å²) in [6, 6.07) is 7.94. The van der Waals surface area contributed by atoms with Crippen LogP contribution in [-0.2, 0) is 0 Å². The van der Waals surface area contributed by atoms with Gasteiger partial charge in [0.15, 0.2) is 6.35 Å². The van der Waals surface area contributed by atoms with Gasteiger partial charge in [-0.1, -0.05) is 12.1 Å². The molecular formula is C19H25N5O. The third-order valence-corrected chi connectivity index (χ3v) is 4.92. The van der Waals surface area contributed by atoms with E-state index < -0.39 is 6.35 Å². The first-order chi connectivity index (χ1) is 12.3. The van der Waals surface area contributed by atoms with Crippen molar-refractivity contribution in [2.75, 3.05) is 18.4 Å². The molecule has 3 unspecified atom stereocenters. The molecule has 4 rings (SSSR count). The van der Waals surface area contributed by atoms with Gasteiger partial charge in [0.25, 0.3) is 0 Å². The van der Waals surface area contributed by atoms with Crippen LogP contribution in [0.2, 0.25) is 0 Å². The van der Waals surface area contributed by atoms with Crippen LogP contribution in [0, 0.1) is 5.92 Å². The first kappa shape index (κ1) is 16.3. The van der Waals surface area contributed by atoms with Gasteiger partial charge in [0, 0.05) is 47.4 Å². The van der Waals surface area contributed by atoms with Crippen molar-refractivity contribution in [3.05, 3.63) is 42.6 Å². The molecule has 0 radical (unpaired) electrons. The highest BCUT2D eigenvalue weighted by Crippen LogP contribution is 2.23. The van der Waals surface area contributed by atoms with Gasteiger partial charge in [-0.3, -0.25) is 15.6 Å². The van der Waals surface area contributed by atoms with Gasteiger partial charge in [-0.15, -0.1) is 0 Å². The van der Waals surface area contributed by atoms with Gasteiger partial charge in [-0.05, 0) is 43.7 Å². The number of hydrogen-bond acceptors (Lipinski definition) is 5. The molecule has 6 heteroatoms. The lowest BCUT2D eigenvalue weighted by atomic mass is 9.93. The highest BCUT2D eigenvalue weighted by molar-refractivity contribution is 5.96. The number of nitrogens with zero attached hydrogens (tertiary/aromatic N) is 1. The predicted molar refractivity (Wildman–Crippen MR) is 102 cm³/mol. The van der Waals surface area contributed by atoms with Crippen LogP contribution in [-0.4, -0.2) is 41.4 Å². The number of aliphatic hydroxyl groups excluding tert-OH is 1. The number of benzene rings is 1. The van der Waals surface area contributed by atoms with Crippen LogP contribution < -0.4 is 16.0 Å². The van der Waals surface area contributed by atoms with Crippen LogP contribution >= 0.6 is 0 Å². The van der Waals surface area contributed by atoms with E-state index in [1.807, 2.05) is 30.5 Å². The molecule has 0 amide bonds. The number of H-pyrrole nitrogens is 1. The molecule has 2 aliphatic rings. The number of anilines is 1. The van der Waals surface area contributed by atoms with E-state index >= 15 is 0 Å². The zero-order valence-corrected chi connectivity index (χ0v) is 14.2. The molecule has 25 heavy (non-hydrogen) atoms. The monoisotopic (exact) mass is 339 g/mol. The molecular weight excluding hydrogens is 314 g/mol. The summed E-state index contributed by atoms with van der Waals surface area (Å²) in [5, 5.41) is 21.0. The fourth-order valence-electron chi connectivity index (χ4n) is 3.59. The Bertz CT molecular complexity index is 781. The average molecular weight is 339 g/mol. The number of aliphatic hydroxyl groups is 1. The Balaban J connectivity index is 1.28. The summed E-state index contributed by atoms with van der Waals surface area (Å²) in [5.74, 6) is 0.541. The van der Waals surface area contributed by atoms with E-state index in [1.165, 1.54) is 12.8 Å². The minimum absolute atomic E-state index is 0.239. The van der Waals surface area contributed by atoms with E-state index in [0.29, 0.717) is 12.5 Å². The Morgan fingerprint density at radius 2 is 2.28 bits per heavy atom. The minimum atomic E-state index is -0.797. The van der Waals surface area contributed by atoms with Crippen molar-refractivity contribution >= 4 is 22.3 Å². The largest absolute Gasteiger partial charge is 0.361 e. The normalized spacial score (nSPS) is 24.0. The second kappa shape index (κ2) is 7.39. The number of aromatic nitrogens is 1. The molecule has 2 aliphatic heterocycles. The van der Waals surface area contributed by atoms with Gasteiger partial charge >= 0.3 is 0 Å². The Morgan fingerprint density at radius 3 is 3.24 bits per heavy atom. The number of fused-ring (bicyclic) bond motifs is 2. The van der Waals surface area contributed by atoms with Crippen molar-refractivity contribution in [1.82, 2.24) is 15.6 Å². The molecule has 2 aromatic rings. The highest BCUT2D eigenvalue weighted by atomic mass is 16.3. The molecule has 1 fully saturated rings.